The van der Waals surface area contributed by atoms with E-state index in [1.165, 1.54) is 25.1 Å². The molecule has 0 aliphatic rings. The Balaban J connectivity index is 1.89. The number of anilines is 1. The molecular formula is C19H20F3N3O4. The summed E-state index contributed by atoms with van der Waals surface area (Å²) < 4.78 is 46.8. The zero-order valence-electron chi connectivity index (χ0n) is 15.9. The van der Waals surface area contributed by atoms with Crippen LogP contribution in [0.1, 0.15) is 32.4 Å². The summed E-state index contributed by atoms with van der Waals surface area (Å²) in [6, 6.07) is 6.58. The molecule has 29 heavy (non-hydrogen) atoms. The summed E-state index contributed by atoms with van der Waals surface area (Å²) in [5.74, 6) is -1.20. The van der Waals surface area contributed by atoms with Crippen molar-refractivity contribution in [1.82, 2.24) is 9.78 Å². The van der Waals surface area contributed by atoms with Gasteiger partial charge in [0.1, 0.15) is 11.6 Å². The molecule has 2 rings (SSSR count). The maximum absolute atomic E-state index is 12.2. The number of rotatable bonds is 7. The van der Waals surface area contributed by atoms with Gasteiger partial charge in [0.2, 0.25) is 0 Å². The van der Waals surface area contributed by atoms with Crippen molar-refractivity contribution in [2.24, 2.45) is 0 Å². The normalized spacial score (nSPS) is 12.8. The van der Waals surface area contributed by atoms with E-state index in [0.717, 1.165) is 18.2 Å². The standard InChI is InChI=1S/C19H20F3N3O4/c1-12(2)25-16(10-11-23-25)24-18(27)13(3)28-17(26)9-6-14-4-7-15(8-5-14)29-19(20,21)22/h4-13H,1-3H3,(H,24,27)/b9-6+/t13-/m1/s1. The van der Waals surface area contributed by atoms with E-state index in [1.807, 2.05) is 13.8 Å². The second kappa shape index (κ2) is 9.26. The molecule has 1 heterocycles. The van der Waals surface area contributed by atoms with Crippen molar-refractivity contribution in [3.8, 4) is 5.75 Å². The monoisotopic (exact) mass is 411 g/mol. The number of carbonyl (C=O) groups excluding carboxylic acids is 2. The SMILES string of the molecule is CC(C)n1nccc1NC(=O)[C@@H](C)OC(=O)/C=C/c1ccc(OC(F)(F)F)cc1. The smallest absolute Gasteiger partial charge is 0.449 e. The van der Waals surface area contributed by atoms with Crippen LogP contribution in [0.5, 0.6) is 5.75 Å². The van der Waals surface area contributed by atoms with Gasteiger partial charge in [-0.2, -0.15) is 5.10 Å². The van der Waals surface area contributed by atoms with Crippen molar-refractivity contribution in [1.29, 1.82) is 0 Å². The lowest BCUT2D eigenvalue weighted by molar-refractivity contribution is -0.274. The zero-order chi connectivity index (χ0) is 21.6. The minimum Gasteiger partial charge on any atom is -0.449 e. The number of benzene rings is 1. The number of nitrogens with zero attached hydrogens (tertiary/aromatic N) is 2. The Kier molecular flexibility index (Phi) is 7.03. The van der Waals surface area contributed by atoms with Crippen LogP contribution in [0.3, 0.4) is 0 Å². The first-order valence-electron chi connectivity index (χ1n) is 8.64. The third kappa shape index (κ3) is 6.98. The molecule has 0 fully saturated rings. The lowest BCUT2D eigenvalue weighted by Gasteiger charge is -2.15. The second-order valence-electron chi connectivity index (χ2n) is 6.27. The Hall–Kier alpha value is -3.30. The Morgan fingerprint density at radius 1 is 1.14 bits per heavy atom. The van der Waals surface area contributed by atoms with Crippen LogP contribution in [0, 0.1) is 0 Å². The number of amides is 1. The van der Waals surface area contributed by atoms with Crippen molar-refractivity contribution in [3.05, 3.63) is 48.2 Å². The molecule has 1 amide bonds. The molecule has 7 nitrogen and oxygen atoms in total. The van der Waals surface area contributed by atoms with Gasteiger partial charge in [0.25, 0.3) is 5.91 Å². The molecule has 156 valence electrons. The minimum absolute atomic E-state index is 0.0361. The van der Waals surface area contributed by atoms with E-state index in [2.05, 4.69) is 15.2 Å². The molecule has 1 aromatic carbocycles. The van der Waals surface area contributed by atoms with Gasteiger partial charge in [0.15, 0.2) is 6.10 Å². The third-order valence-corrected chi connectivity index (χ3v) is 3.60. The molecule has 0 bridgehead atoms. The fraction of sp³-hybridized carbons (Fsp3) is 0.316. The first kappa shape index (κ1) is 22.0. The van der Waals surface area contributed by atoms with Gasteiger partial charge in [-0.15, -0.1) is 13.2 Å². The molecule has 0 saturated carbocycles. The van der Waals surface area contributed by atoms with Crippen LogP contribution in [-0.2, 0) is 14.3 Å². The second-order valence-corrected chi connectivity index (χ2v) is 6.27. The highest BCUT2D eigenvalue weighted by Crippen LogP contribution is 2.23. The third-order valence-electron chi connectivity index (χ3n) is 3.60. The number of carbonyl (C=O) groups is 2. The predicted octanol–water partition coefficient (Wildman–Crippen LogP) is 3.95. The lowest BCUT2D eigenvalue weighted by Crippen LogP contribution is -2.30. The number of aromatic nitrogens is 2. The van der Waals surface area contributed by atoms with Gasteiger partial charge in [-0.3, -0.25) is 4.79 Å². The highest BCUT2D eigenvalue weighted by molar-refractivity contribution is 5.96. The van der Waals surface area contributed by atoms with E-state index < -0.39 is 24.3 Å². The summed E-state index contributed by atoms with van der Waals surface area (Å²) in [6.45, 7) is 5.22. The number of ether oxygens (including phenoxy) is 2. The Morgan fingerprint density at radius 2 is 1.79 bits per heavy atom. The number of hydrogen-bond donors (Lipinski definition) is 1. The summed E-state index contributed by atoms with van der Waals surface area (Å²) >= 11 is 0. The van der Waals surface area contributed by atoms with E-state index in [1.54, 1.807) is 16.9 Å². The van der Waals surface area contributed by atoms with Crippen LogP contribution in [0.4, 0.5) is 19.0 Å². The number of alkyl halides is 3. The largest absolute Gasteiger partial charge is 0.573 e. The van der Waals surface area contributed by atoms with Gasteiger partial charge in [-0.25, -0.2) is 9.48 Å². The van der Waals surface area contributed by atoms with Crippen LogP contribution in [0.15, 0.2) is 42.6 Å². The molecule has 1 aromatic heterocycles. The Bertz CT molecular complexity index is 874. The number of nitrogens with one attached hydrogen (secondary N) is 1. The van der Waals surface area contributed by atoms with Gasteiger partial charge in [0, 0.05) is 18.2 Å². The van der Waals surface area contributed by atoms with Crippen LogP contribution in [0.2, 0.25) is 0 Å². The van der Waals surface area contributed by atoms with Crippen molar-refractivity contribution >= 4 is 23.8 Å². The highest BCUT2D eigenvalue weighted by Gasteiger charge is 2.30. The molecule has 1 atom stereocenters. The van der Waals surface area contributed by atoms with Gasteiger partial charge in [0.05, 0.1) is 6.20 Å². The van der Waals surface area contributed by atoms with Gasteiger partial charge < -0.3 is 14.8 Å². The highest BCUT2D eigenvalue weighted by atomic mass is 19.4. The fourth-order valence-corrected chi connectivity index (χ4v) is 2.26. The van der Waals surface area contributed by atoms with Crippen LogP contribution >= 0.6 is 0 Å². The van der Waals surface area contributed by atoms with E-state index >= 15 is 0 Å². The Morgan fingerprint density at radius 3 is 2.38 bits per heavy atom. The van der Waals surface area contributed by atoms with Gasteiger partial charge in [-0.1, -0.05) is 12.1 Å². The topological polar surface area (TPSA) is 82.5 Å². The number of hydrogen-bond acceptors (Lipinski definition) is 5. The molecule has 0 aliphatic carbocycles. The summed E-state index contributed by atoms with van der Waals surface area (Å²) in [7, 11) is 0. The first-order chi connectivity index (χ1) is 13.5. The average molecular weight is 411 g/mol. The average Bonchev–Trinajstić information content (AvgIpc) is 3.08. The van der Waals surface area contributed by atoms with Crippen LogP contribution in [0.25, 0.3) is 6.08 Å². The minimum atomic E-state index is -4.77. The lowest BCUT2D eigenvalue weighted by atomic mass is 10.2. The van der Waals surface area contributed by atoms with E-state index in [0.29, 0.717) is 11.4 Å². The summed E-state index contributed by atoms with van der Waals surface area (Å²) in [6.07, 6.45) is -1.88. The molecule has 0 radical (unpaired) electrons. The maximum atomic E-state index is 12.2. The van der Waals surface area contributed by atoms with Crippen molar-refractivity contribution < 1.29 is 32.2 Å². The molecule has 0 spiro atoms. The van der Waals surface area contributed by atoms with Crippen molar-refractivity contribution in [3.63, 3.8) is 0 Å². The summed E-state index contributed by atoms with van der Waals surface area (Å²) in [4.78, 5) is 24.1. The maximum Gasteiger partial charge on any atom is 0.573 e. The summed E-state index contributed by atoms with van der Waals surface area (Å²) in [5.41, 5.74) is 0.453. The molecule has 0 unspecified atom stereocenters. The van der Waals surface area contributed by atoms with E-state index in [4.69, 9.17) is 4.74 Å². The van der Waals surface area contributed by atoms with Crippen LogP contribution < -0.4 is 10.1 Å². The molecule has 2 aromatic rings. The van der Waals surface area contributed by atoms with Crippen molar-refractivity contribution in [2.45, 2.75) is 39.3 Å². The van der Waals surface area contributed by atoms with Gasteiger partial charge in [-0.05, 0) is 44.5 Å². The number of halogens is 3. The first-order valence-corrected chi connectivity index (χ1v) is 8.64. The van der Waals surface area contributed by atoms with Gasteiger partial charge >= 0.3 is 12.3 Å². The summed E-state index contributed by atoms with van der Waals surface area (Å²) in [5, 5.41) is 6.72. The fourth-order valence-electron chi connectivity index (χ4n) is 2.26. The molecule has 0 saturated heterocycles. The molecular weight excluding hydrogens is 391 g/mol. The molecule has 10 heteroatoms. The van der Waals surface area contributed by atoms with Crippen LogP contribution in [-0.4, -0.2) is 34.1 Å². The number of esters is 1. The van der Waals surface area contributed by atoms with Crippen molar-refractivity contribution in [2.75, 3.05) is 5.32 Å². The molecule has 0 aliphatic heterocycles. The predicted molar refractivity (Wildman–Crippen MR) is 99.0 cm³/mol. The quantitative estimate of drug-likeness (QED) is 0.551. The van der Waals surface area contributed by atoms with E-state index in [9.17, 15) is 22.8 Å². The zero-order valence-corrected chi connectivity index (χ0v) is 15.9. The Labute approximate surface area is 165 Å². The van der Waals surface area contributed by atoms with E-state index in [-0.39, 0.29) is 11.8 Å². The molecule has 1 N–H and O–H groups in total.